The number of fused-ring (bicyclic) bond motifs is 2. The molecule has 2 aliphatic rings. The number of carbonyl (C=O) groups is 1. The van der Waals surface area contributed by atoms with Crippen LogP contribution in [-0.4, -0.2) is 54.3 Å². The number of amidine groups is 1. The average Bonchev–Trinajstić information content (AvgIpc) is 2.89. The van der Waals surface area contributed by atoms with Crippen LogP contribution >= 0.6 is 0 Å². The van der Waals surface area contributed by atoms with Gasteiger partial charge in [-0.1, -0.05) is 32.0 Å². The maximum Gasteiger partial charge on any atom is 0.223 e. The zero-order valence-corrected chi connectivity index (χ0v) is 18.1. The van der Waals surface area contributed by atoms with E-state index in [1.165, 1.54) is 0 Å². The van der Waals surface area contributed by atoms with E-state index < -0.39 is 0 Å². The first-order valence-corrected chi connectivity index (χ1v) is 10.5. The van der Waals surface area contributed by atoms with Gasteiger partial charge in [-0.05, 0) is 37.1 Å². The molecule has 4 rings (SSSR count). The lowest BCUT2D eigenvalue weighted by molar-refractivity contribution is -0.135. The molecule has 1 saturated heterocycles. The number of aliphatic imine (C=N–C) groups is 1. The van der Waals surface area contributed by atoms with Crippen molar-refractivity contribution in [1.82, 2.24) is 9.80 Å². The molecule has 0 N–H and O–H groups in total. The Labute approximate surface area is 178 Å². The molecule has 0 aliphatic carbocycles. The molecule has 2 aliphatic heterocycles. The van der Waals surface area contributed by atoms with E-state index >= 15 is 0 Å². The summed E-state index contributed by atoms with van der Waals surface area (Å²) in [5, 5.41) is 0. The number of para-hydroxylation sites is 3. The van der Waals surface area contributed by atoms with Crippen LogP contribution < -0.4 is 9.47 Å². The minimum atomic E-state index is 0.112. The molecule has 2 aromatic rings. The summed E-state index contributed by atoms with van der Waals surface area (Å²) in [4.78, 5) is 21.9. The third-order valence-electron chi connectivity index (χ3n) is 5.57. The van der Waals surface area contributed by atoms with Gasteiger partial charge in [0.15, 0.2) is 17.2 Å². The van der Waals surface area contributed by atoms with Crippen LogP contribution in [0, 0.1) is 5.92 Å². The second kappa shape index (κ2) is 8.38. The Bertz CT molecular complexity index is 970. The Morgan fingerprint density at radius 3 is 2.73 bits per heavy atom. The molecule has 30 heavy (non-hydrogen) atoms. The highest BCUT2D eigenvalue weighted by molar-refractivity contribution is 6.04. The number of amides is 1. The van der Waals surface area contributed by atoms with Gasteiger partial charge < -0.3 is 19.3 Å². The van der Waals surface area contributed by atoms with Crippen molar-refractivity contribution >= 4 is 17.4 Å². The molecule has 158 valence electrons. The van der Waals surface area contributed by atoms with Gasteiger partial charge in [0.2, 0.25) is 5.91 Å². The van der Waals surface area contributed by atoms with E-state index in [0.29, 0.717) is 36.1 Å². The maximum absolute atomic E-state index is 12.6. The molecule has 0 aromatic heterocycles. The average molecular weight is 408 g/mol. The van der Waals surface area contributed by atoms with Crippen LogP contribution in [-0.2, 0) is 4.79 Å². The zero-order valence-electron chi connectivity index (χ0n) is 18.1. The summed E-state index contributed by atoms with van der Waals surface area (Å²) in [5.74, 6) is 3.51. The number of rotatable bonds is 3. The van der Waals surface area contributed by atoms with E-state index in [2.05, 4.69) is 25.7 Å². The molecule has 0 bridgehead atoms. The van der Waals surface area contributed by atoms with Crippen LogP contribution in [0.1, 0.15) is 32.8 Å². The summed E-state index contributed by atoms with van der Waals surface area (Å²) in [6.45, 7) is 8.42. The Morgan fingerprint density at radius 1 is 1.20 bits per heavy atom. The van der Waals surface area contributed by atoms with E-state index in [9.17, 15) is 4.79 Å². The van der Waals surface area contributed by atoms with E-state index in [0.717, 1.165) is 30.2 Å². The van der Waals surface area contributed by atoms with Crippen LogP contribution in [0.3, 0.4) is 0 Å². The van der Waals surface area contributed by atoms with Gasteiger partial charge in [-0.15, -0.1) is 0 Å². The topological polar surface area (TPSA) is 54.4 Å². The van der Waals surface area contributed by atoms with E-state index in [1.807, 2.05) is 47.4 Å². The Morgan fingerprint density at radius 2 is 2.00 bits per heavy atom. The molecule has 1 fully saturated rings. The number of carbonyl (C=O) groups excluding carboxylic acids is 1. The van der Waals surface area contributed by atoms with Crippen LogP contribution in [0.2, 0.25) is 0 Å². The Balaban J connectivity index is 1.69. The summed E-state index contributed by atoms with van der Waals surface area (Å²) in [6.07, 6.45) is 0.590. The number of piperazine rings is 1. The lowest BCUT2D eigenvalue weighted by Crippen LogP contribution is -2.55. The molecule has 0 saturated carbocycles. The minimum absolute atomic E-state index is 0.112. The van der Waals surface area contributed by atoms with E-state index in [4.69, 9.17) is 14.5 Å². The summed E-state index contributed by atoms with van der Waals surface area (Å²) in [5.41, 5.74) is 1.69. The van der Waals surface area contributed by atoms with Gasteiger partial charge in [-0.3, -0.25) is 4.79 Å². The van der Waals surface area contributed by atoms with Crippen LogP contribution in [0.25, 0.3) is 0 Å². The molecular weight excluding hydrogens is 378 g/mol. The van der Waals surface area contributed by atoms with Gasteiger partial charge in [-0.2, -0.15) is 0 Å². The first kappa shape index (κ1) is 20.3. The molecule has 2 aromatic carbocycles. The van der Waals surface area contributed by atoms with Gasteiger partial charge in [0.25, 0.3) is 0 Å². The first-order valence-electron chi connectivity index (χ1n) is 10.5. The third kappa shape index (κ3) is 3.86. The van der Waals surface area contributed by atoms with Crippen molar-refractivity contribution in [2.45, 2.75) is 33.2 Å². The van der Waals surface area contributed by atoms with Crippen molar-refractivity contribution in [3.63, 3.8) is 0 Å². The molecule has 1 atom stereocenters. The third-order valence-corrected chi connectivity index (χ3v) is 5.57. The minimum Gasteiger partial charge on any atom is -0.493 e. The fourth-order valence-corrected chi connectivity index (χ4v) is 4.11. The van der Waals surface area contributed by atoms with Gasteiger partial charge in [0.1, 0.15) is 11.5 Å². The van der Waals surface area contributed by atoms with Gasteiger partial charge in [-0.25, -0.2) is 4.99 Å². The number of ether oxygens (including phenoxy) is 2. The van der Waals surface area contributed by atoms with Crippen molar-refractivity contribution in [3.05, 3.63) is 48.0 Å². The highest BCUT2D eigenvalue weighted by atomic mass is 16.5. The lowest BCUT2D eigenvalue weighted by atomic mass is 10.1. The largest absolute Gasteiger partial charge is 0.493 e. The normalized spacial score (nSPS) is 18.2. The second-order valence-corrected chi connectivity index (χ2v) is 8.32. The maximum atomic E-state index is 12.6. The molecule has 1 unspecified atom stereocenters. The van der Waals surface area contributed by atoms with Crippen molar-refractivity contribution in [2.24, 2.45) is 10.9 Å². The molecule has 0 radical (unpaired) electrons. The molecule has 0 spiro atoms. The van der Waals surface area contributed by atoms with Gasteiger partial charge in [0, 0.05) is 32.1 Å². The lowest BCUT2D eigenvalue weighted by Gasteiger charge is -2.41. The summed E-state index contributed by atoms with van der Waals surface area (Å²) >= 11 is 0. The van der Waals surface area contributed by atoms with Gasteiger partial charge >= 0.3 is 0 Å². The molecule has 6 heteroatoms. The molecule has 1 amide bonds. The highest BCUT2D eigenvalue weighted by Crippen LogP contribution is 2.42. The summed E-state index contributed by atoms with van der Waals surface area (Å²) in [6, 6.07) is 13.8. The van der Waals surface area contributed by atoms with E-state index in [1.54, 1.807) is 7.11 Å². The number of nitrogens with zero attached hydrogens (tertiary/aromatic N) is 3. The van der Waals surface area contributed by atoms with Crippen molar-refractivity contribution in [2.75, 3.05) is 26.7 Å². The second-order valence-electron chi connectivity index (χ2n) is 8.32. The number of hydrogen-bond donors (Lipinski definition) is 0. The highest BCUT2D eigenvalue weighted by Gasteiger charge is 2.32. The quantitative estimate of drug-likeness (QED) is 0.754. The summed E-state index contributed by atoms with van der Waals surface area (Å²) < 4.78 is 11.8. The Kier molecular flexibility index (Phi) is 5.66. The smallest absolute Gasteiger partial charge is 0.223 e. The van der Waals surface area contributed by atoms with Gasteiger partial charge in [0.05, 0.1) is 12.7 Å². The zero-order chi connectivity index (χ0) is 21.3. The van der Waals surface area contributed by atoms with Crippen molar-refractivity contribution in [3.8, 4) is 17.2 Å². The first-order chi connectivity index (χ1) is 14.5. The standard InChI is InChI=1S/C24H29N3O3/c1-16(2)14-22(28)27-13-12-26(15-17(27)3)24-18-8-7-11-21(29-4)23(18)30-20-10-6-5-9-19(20)25-24/h5-11,16-17H,12-15H2,1-4H3. The molecule has 6 nitrogen and oxygen atoms in total. The summed E-state index contributed by atoms with van der Waals surface area (Å²) in [7, 11) is 1.65. The Hall–Kier alpha value is -3.02. The predicted octanol–water partition coefficient (Wildman–Crippen LogP) is 4.46. The number of methoxy groups -OCH3 is 1. The predicted molar refractivity (Wildman–Crippen MR) is 118 cm³/mol. The van der Waals surface area contributed by atoms with Crippen LogP contribution in [0.15, 0.2) is 47.5 Å². The fraction of sp³-hybridized carbons (Fsp3) is 0.417. The number of benzene rings is 2. The van der Waals surface area contributed by atoms with Crippen molar-refractivity contribution < 1.29 is 14.3 Å². The number of hydrogen-bond acceptors (Lipinski definition) is 5. The fourth-order valence-electron chi connectivity index (χ4n) is 4.11. The molecular formula is C24H29N3O3. The monoisotopic (exact) mass is 407 g/mol. The van der Waals surface area contributed by atoms with Crippen LogP contribution in [0.4, 0.5) is 5.69 Å². The van der Waals surface area contributed by atoms with E-state index in [-0.39, 0.29) is 11.9 Å². The van der Waals surface area contributed by atoms with Crippen molar-refractivity contribution in [1.29, 1.82) is 0 Å². The SMILES string of the molecule is COc1cccc2c1Oc1ccccc1N=C2N1CCN(C(=O)CC(C)C)C(C)C1. The molecule has 2 heterocycles. The van der Waals surface area contributed by atoms with Crippen LogP contribution in [0.5, 0.6) is 17.2 Å².